The summed E-state index contributed by atoms with van der Waals surface area (Å²) in [6.07, 6.45) is 3.63. The van der Waals surface area contributed by atoms with E-state index in [0.717, 1.165) is 58.5 Å². The minimum atomic E-state index is 0.0359. The fraction of sp³-hybridized carbons (Fsp3) is 0.933. The van der Waals surface area contributed by atoms with Crippen LogP contribution in [0.1, 0.15) is 39.5 Å². The summed E-state index contributed by atoms with van der Waals surface area (Å²) in [5, 5.41) is 3.08. The third kappa shape index (κ3) is 6.20. The SMILES string of the molecule is CN1CCN(C(C)(C)CNC(=O)CCCCCN)CC1. The molecule has 0 aromatic rings. The molecule has 0 spiro atoms. The number of hydrogen-bond donors (Lipinski definition) is 2. The quantitative estimate of drug-likeness (QED) is 0.643. The minimum Gasteiger partial charge on any atom is -0.354 e. The van der Waals surface area contributed by atoms with Crippen molar-refractivity contribution in [1.29, 1.82) is 0 Å². The number of nitrogens with zero attached hydrogens (tertiary/aromatic N) is 2. The Morgan fingerprint density at radius 3 is 2.40 bits per heavy atom. The Labute approximate surface area is 123 Å². The number of unbranched alkanes of at least 4 members (excludes halogenated alkanes) is 2. The first-order valence-corrected chi connectivity index (χ1v) is 7.86. The lowest BCUT2D eigenvalue weighted by molar-refractivity contribution is -0.121. The Kier molecular flexibility index (Phi) is 7.48. The van der Waals surface area contributed by atoms with Crippen LogP contribution in [-0.2, 0) is 4.79 Å². The van der Waals surface area contributed by atoms with Crippen molar-refractivity contribution in [3.8, 4) is 0 Å². The third-order valence-electron chi connectivity index (χ3n) is 4.19. The van der Waals surface area contributed by atoms with Crippen LogP contribution in [-0.4, -0.2) is 67.6 Å². The smallest absolute Gasteiger partial charge is 0.220 e. The molecule has 20 heavy (non-hydrogen) atoms. The molecule has 1 amide bonds. The van der Waals surface area contributed by atoms with Crippen LogP contribution in [0.5, 0.6) is 0 Å². The van der Waals surface area contributed by atoms with Crippen LogP contribution >= 0.6 is 0 Å². The van der Waals surface area contributed by atoms with Gasteiger partial charge in [-0.3, -0.25) is 9.69 Å². The van der Waals surface area contributed by atoms with Crippen molar-refractivity contribution in [2.45, 2.75) is 45.1 Å². The molecule has 118 valence electrons. The highest BCUT2D eigenvalue weighted by Crippen LogP contribution is 2.15. The number of carbonyl (C=O) groups is 1. The average molecular weight is 284 g/mol. The van der Waals surface area contributed by atoms with Crippen molar-refractivity contribution in [3.63, 3.8) is 0 Å². The first kappa shape index (κ1) is 17.4. The van der Waals surface area contributed by atoms with Gasteiger partial charge in [0.15, 0.2) is 0 Å². The molecule has 1 aliphatic rings. The molecule has 1 saturated heterocycles. The van der Waals surface area contributed by atoms with Gasteiger partial charge in [0.1, 0.15) is 0 Å². The first-order valence-electron chi connectivity index (χ1n) is 7.86. The van der Waals surface area contributed by atoms with Gasteiger partial charge in [-0.1, -0.05) is 6.42 Å². The summed E-state index contributed by atoms with van der Waals surface area (Å²) in [6.45, 7) is 10.3. The van der Waals surface area contributed by atoms with E-state index in [0.29, 0.717) is 6.42 Å². The second kappa shape index (κ2) is 8.60. The molecule has 0 aromatic carbocycles. The van der Waals surface area contributed by atoms with Crippen LogP contribution < -0.4 is 11.1 Å². The summed E-state index contributed by atoms with van der Waals surface area (Å²) in [6, 6.07) is 0. The Balaban J connectivity index is 2.23. The maximum atomic E-state index is 11.8. The van der Waals surface area contributed by atoms with Crippen molar-refractivity contribution < 1.29 is 4.79 Å². The number of rotatable bonds is 8. The lowest BCUT2D eigenvalue weighted by Crippen LogP contribution is -2.57. The summed E-state index contributed by atoms with van der Waals surface area (Å²) in [4.78, 5) is 16.6. The molecule has 1 rings (SSSR count). The van der Waals surface area contributed by atoms with Crippen LogP contribution in [0.4, 0.5) is 0 Å². The van der Waals surface area contributed by atoms with Gasteiger partial charge in [-0.05, 0) is 40.3 Å². The fourth-order valence-electron chi connectivity index (χ4n) is 2.53. The number of carbonyl (C=O) groups excluding carboxylic acids is 1. The monoisotopic (exact) mass is 284 g/mol. The molecule has 1 fully saturated rings. The van der Waals surface area contributed by atoms with Gasteiger partial charge in [0.25, 0.3) is 0 Å². The van der Waals surface area contributed by atoms with Crippen molar-refractivity contribution in [3.05, 3.63) is 0 Å². The van der Waals surface area contributed by atoms with E-state index in [-0.39, 0.29) is 11.4 Å². The zero-order valence-electron chi connectivity index (χ0n) is 13.5. The van der Waals surface area contributed by atoms with Gasteiger partial charge in [0, 0.05) is 44.7 Å². The Morgan fingerprint density at radius 2 is 1.80 bits per heavy atom. The molecule has 0 aromatic heterocycles. The molecular weight excluding hydrogens is 252 g/mol. The van der Waals surface area contributed by atoms with E-state index in [1.165, 1.54) is 0 Å². The maximum Gasteiger partial charge on any atom is 0.220 e. The first-order chi connectivity index (χ1) is 9.45. The van der Waals surface area contributed by atoms with Crippen molar-refractivity contribution >= 4 is 5.91 Å². The van der Waals surface area contributed by atoms with Gasteiger partial charge in [0.2, 0.25) is 5.91 Å². The average Bonchev–Trinajstić information content (AvgIpc) is 2.42. The molecule has 1 heterocycles. The van der Waals surface area contributed by atoms with E-state index in [1.54, 1.807) is 0 Å². The van der Waals surface area contributed by atoms with Crippen molar-refractivity contribution in [2.24, 2.45) is 5.73 Å². The number of likely N-dealkylation sites (N-methyl/N-ethyl adjacent to an activating group) is 1. The highest BCUT2D eigenvalue weighted by Gasteiger charge is 2.29. The van der Waals surface area contributed by atoms with Crippen LogP contribution in [0.15, 0.2) is 0 Å². The van der Waals surface area contributed by atoms with Gasteiger partial charge in [-0.2, -0.15) is 0 Å². The van der Waals surface area contributed by atoms with E-state index in [2.05, 4.69) is 36.0 Å². The summed E-state index contributed by atoms with van der Waals surface area (Å²) < 4.78 is 0. The van der Waals surface area contributed by atoms with Gasteiger partial charge in [-0.25, -0.2) is 0 Å². The van der Waals surface area contributed by atoms with E-state index < -0.39 is 0 Å². The number of hydrogen-bond acceptors (Lipinski definition) is 4. The molecule has 0 radical (unpaired) electrons. The van der Waals surface area contributed by atoms with E-state index in [4.69, 9.17) is 5.73 Å². The number of piperazine rings is 1. The van der Waals surface area contributed by atoms with Crippen molar-refractivity contribution in [2.75, 3.05) is 46.3 Å². The molecule has 0 bridgehead atoms. The number of nitrogens with one attached hydrogen (secondary N) is 1. The molecule has 5 heteroatoms. The van der Waals surface area contributed by atoms with Crippen LogP contribution in [0.2, 0.25) is 0 Å². The summed E-state index contributed by atoms with van der Waals surface area (Å²) in [5.41, 5.74) is 5.48. The van der Waals surface area contributed by atoms with Crippen molar-refractivity contribution in [1.82, 2.24) is 15.1 Å². The molecular formula is C15H32N4O. The number of amides is 1. The summed E-state index contributed by atoms with van der Waals surface area (Å²) >= 11 is 0. The molecule has 3 N–H and O–H groups in total. The molecule has 5 nitrogen and oxygen atoms in total. The largest absolute Gasteiger partial charge is 0.354 e. The van der Waals surface area contributed by atoms with Gasteiger partial charge < -0.3 is 16.0 Å². The van der Waals surface area contributed by atoms with Gasteiger partial charge in [-0.15, -0.1) is 0 Å². The van der Waals surface area contributed by atoms with E-state index >= 15 is 0 Å². The third-order valence-corrected chi connectivity index (χ3v) is 4.19. The Morgan fingerprint density at radius 1 is 1.15 bits per heavy atom. The highest BCUT2D eigenvalue weighted by molar-refractivity contribution is 5.75. The predicted octanol–water partition coefficient (Wildman–Crippen LogP) is 0.648. The van der Waals surface area contributed by atoms with Gasteiger partial charge in [0.05, 0.1) is 0 Å². The number of nitrogens with two attached hydrogens (primary N) is 1. The second-order valence-corrected chi connectivity index (χ2v) is 6.48. The van der Waals surface area contributed by atoms with E-state index in [1.807, 2.05) is 0 Å². The normalized spacial score (nSPS) is 18.2. The van der Waals surface area contributed by atoms with Gasteiger partial charge >= 0.3 is 0 Å². The maximum absolute atomic E-state index is 11.8. The molecule has 0 aliphatic carbocycles. The zero-order valence-corrected chi connectivity index (χ0v) is 13.5. The fourth-order valence-corrected chi connectivity index (χ4v) is 2.53. The minimum absolute atomic E-state index is 0.0359. The molecule has 0 atom stereocenters. The molecule has 0 saturated carbocycles. The summed E-state index contributed by atoms with van der Waals surface area (Å²) in [5.74, 6) is 0.171. The van der Waals surface area contributed by atoms with Crippen LogP contribution in [0, 0.1) is 0 Å². The highest BCUT2D eigenvalue weighted by atomic mass is 16.1. The van der Waals surface area contributed by atoms with Crippen LogP contribution in [0.3, 0.4) is 0 Å². The van der Waals surface area contributed by atoms with Crippen LogP contribution in [0.25, 0.3) is 0 Å². The Hall–Kier alpha value is -0.650. The Bertz CT molecular complexity index is 286. The predicted molar refractivity (Wildman–Crippen MR) is 83.7 cm³/mol. The lowest BCUT2D eigenvalue weighted by atomic mass is 10.0. The molecule has 0 unspecified atom stereocenters. The standard InChI is InChI=1S/C15H32N4O/c1-15(2,19-11-9-18(3)10-12-19)13-17-14(20)7-5-4-6-8-16/h4-13,16H2,1-3H3,(H,17,20). The lowest BCUT2D eigenvalue weighted by Gasteiger charge is -2.43. The topological polar surface area (TPSA) is 61.6 Å². The second-order valence-electron chi connectivity index (χ2n) is 6.48. The zero-order chi connectivity index (χ0) is 15.0. The summed E-state index contributed by atoms with van der Waals surface area (Å²) in [7, 11) is 2.16. The van der Waals surface area contributed by atoms with E-state index in [9.17, 15) is 4.79 Å². The molecule has 1 aliphatic heterocycles.